The molecule has 1 fully saturated rings. The van der Waals surface area contributed by atoms with Crippen molar-refractivity contribution in [2.45, 2.75) is 0 Å². The molecule has 210 valence electrons. The van der Waals surface area contributed by atoms with Crippen LogP contribution in [0.3, 0.4) is 0 Å². The third kappa shape index (κ3) is 6.16. The number of nitrogens with two attached hydrogens (primary N) is 1. The number of primary amides is 1. The average Bonchev–Trinajstić information content (AvgIpc) is 2.96. The number of urea groups is 1. The van der Waals surface area contributed by atoms with E-state index in [-0.39, 0.29) is 22.6 Å². The number of nitriles is 1. The second kappa shape index (κ2) is 12.1. The van der Waals surface area contributed by atoms with Gasteiger partial charge in [0.05, 0.1) is 35.5 Å². The zero-order valence-electron chi connectivity index (χ0n) is 21.6. The van der Waals surface area contributed by atoms with E-state index >= 15 is 4.39 Å². The number of aromatic nitrogens is 1. The summed E-state index contributed by atoms with van der Waals surface area (Å²) in [4.78, 5) is 17.7. The number of carbonyl (C=O) groups is 1. The molecule has 0 unspecified atom stereocenters. The standard InChI is InChI=1S/C29H24F3N5O4/c30-21-3-4-23(36-29(34)38)28(32)27(21)19-2-1-18(14-22(19)31)41-25-5-6-35-24-15-26(17(16-33)13-20(24)25)40-12-9-37-7-10-39-11-8-37/h1-6,13-15H,7-12H2,(H3,34,36,38). The summed E-state index contributed by atoms with van der Waals surface area (Å²) in [5, 5.41) is 12.3. The van der Waals surface area contributed by atoms with E-state index in [1.54, 1.807) is 18.2 Å². The molecule has 5 rings (SSSR count). The fraction of sp³-hybridized carbons (Fsp3) is 0.207. The fourth-order valence-corrected chi connectivity index (χ4v) is 4.47. The molecule has 0 atom stereocenters. The van der Waals surface area contributed by atoms with E-state index in [1.807, 2.05) is 5.32 Å². The van der Waals surface area contributed by atoms with Crippen molar-refractivity contribution in [3.05, 3.63) is 77.7 Å². The van der Waals surface area contributed by atoms with Crippen molar-refractivity contribution < 1.29 is 32.2 Å². The maximum atomic E-state index is 15.1. The molecule has 3 N–H and O–H groups in total. The third-order valence-electron chi connectivity index (χ3n) is 6.48. The Labute approximate surface area is 232 Å². The SMILES string of the molecule is N#Cc1cc2c(Oc3ccc(-c4c(F)ccc(NC(N)=O)c4F)c(F)c3)ccnc2cc1OCCN1CCOCC1. The topological polar surface area (TPSA) is 123 Å². The molecular formula is C29H24F3N5O4. The number of amides is 2. The summed E-state index contributed by atoms with van der Waals surface area (Å²) in [5.74, 6) is -2.48. The summed E-state index contributed by atoms with van der Waals surface area (Å²) < 4.78 is 61.6. The number of pyridine rings is 1. The van der Waals surface area contributed by atoms with E-state index in [0.29, 0.717) is 43.0 Å². The summed E-state index contributed by atoms with van der Waals surface area (Å²) in [5.41, 5.74) is 4.33. The summed E-state index contributed by atoms with van der Waals surface area (Å²) >= 11 is 0. The van der Waals surface area contributed by atoms with Crippen LogP contribution in [0.1, 0.15) is 5.56 Å². The lowest BCUT2D eigenvalue weighted by atomic mass is 10.0. The molecule has 41 heavy (non-hydrogen) atoms. The molecule has 1 aliphatic heterocycles. The zero-order chi connectivity index (χ0) is 28.9. The number of nitrogens with zero attached hydrogens (tertiary/aromatic N) is 3. The van der Waals surface area contributed by atoms with Gasteiger partial charge in [0.25, 0.3) is 0 Å². The predicted molar refractivity (Wildman–Crippen MR) is 144 cm³/mol. The first-order chi connectivity index (χ1) is 19.8. The molecule has 12 heteroatoms. The van der Waals surface area contributed by atoms with Crippen molar-refractivity contribution in [2.24, 2.45) is 5.73 Å². The monoisotopic (exact) mass is 563 g/mol. The molecule has 0 bridgehead atoms. The lowest BCUT2D eigenvalue weighted by Crippen LogP contribution is -2.38. The Morgan fingerprint density at radius 1 is 1.07 bits per heavy atom. The maximum Gasteiger partial charge on any atom is 0.316 e. The summed E-state index contributed by atoms with van der Waals surface area (Å²) in [7, 11) is 0. The van der Waals surface area contributed by atoms with E-state index in [9.17, 15) is 18.8 Å². The van der Waals surface area contributed by atoms with Crippen LogP contribution >= 0.6 is 0 Å². The molecule has 4 aromatic rings. The lowest BCUT2D eigenvalue weighted by Gasteiger charge is -2.26. The van der Waals surface area contributed by atoms with Gasteiger partial charge in [-0.25, -0.2) is 18.0 Å². The quantitative estimate of drug-likeness (QED) is 0.303. The molecule has 1 saturated heterocycles. The second-order valence-electron chi connectivity index (χ2n) is 9.11. The number of fused-ring (bicyclic) bond motifs is 1. The molecule has 2 amide bonds. The van der Waals surface area contributed by atoms with Crippen molar-refractivity contribution in [3.8, 4) is 34.4 Å². The number of rotatable bonds is 8. The maximum absolute atomic E-state index is 15.1. The Morgan fingerprint density at radius 2 is 1.88 bits per heavy atom. The number of nitrogens with one attached hydrogen (secondary N) is 1. The smallest absolute Gasteiger partial charge is 0.316 e. The van der Waals surface area contributed by atoms with Gasteiger partial charge in [0, 0.05) is 48.9 Å². The minimum absolute atomic E-state index is 0.0373. The summed E-state index contributed by atoms with van der Waals surface area (Å²) in [6, 6.07) is 11.2. The van der Waals surface area contributed by atoms with Gasteiger partial charge in [0.15, 0.2) is 5.82 Å². The van der Waals surface area contributed by atoms with E-state index in [2.05, 4.69) is 16.0 Å². The third-order valence-corrected chi connectivity index (χ3v) is 6.48. The zero-order valence-corrected chi connectivity index (χ0v) is 21.6. The van der Waals surface area contributed by atoms with Gasteiger partial charge < -0.3 is 25.3 Å². The lowest BCUT2D eigenvalue weighted by molar-refractivity contribution is 0.0322. The van der Waals surface area contributed by atoms with Gasteiger partial charge in [-0.2, -0.15) is 5.26 Å². The van der Waals surface area contributed by atoms with Crippen LogP contribution in [0.5, 0.6) is 17.2 Å². The van der Waals surface area contributed by atoms with Crippen LogP contribution in [0.15, 0.2) is 54.7 Å². The van der Waals surface area contributed by atoms with Crippen molar-refractivity contribution in [1.82, 2.24) is 9.88 Å². The Kier molecular flexibility index (Phi) is 8.19. The van der Waals surface area contributed by atoms with E-state index in [0.717, 1.165) is 37.4 Å². The summed E-state index contributed by atoms with van der Waals surface area (Å²) in [6.45, 7) is 4.05. The first-order valence-corrected chi connectivity index (χ1v) is 12.6. The molecule has 2 heterocycles. The molecule has 0 radical (unpaired) electrons. The second-order valence-corrected chi connectivity index (χ2v) is 9.11. The highest BCUT2D eigenvalue weighted by atomic mass is 19.1. The molecule has 1 aromatic heterocycles. The van der Waals surface area contributed by atoms with E-state index in [1.165, 1.54) is 12.3 Å². The van der Waals surface area contributed by atoms with E-state index < -0.39 is 34.7 Å². The number of hydrogen-bond acceptors (Lipinski definition) is 7. The molecule has 0 saturated carbocycles. The van der Waals surface area contributed by atoms with Gasteiger partial charge in [0.2, 0.25) is 0 Å². The molecule has 1 aliphatic rings. The van der Waals surface area contributed by atoms with Crippen molar-refractivity contribution >= 4 is 22.6 Å². The van der Waals surface area contributed by atoms with Crippen LogP contribution < -0.4 is 20.5 Å². The fourth-order valence-electron chi connectivity index (χ4n) is 4.47. The molecule has 3 aromatic carbocycles. The number of benzene rings is 3. The van der Waals surface area contributed by atoms with Crippen molar-refractivity contribution in [1.29, 1.82) is 5.26 Å². The van der Waals surface area contributed by atoms with Crippen LogP contribution in [-0.4, -0.2) is 55.4 Å². The van der Waals surface area contributed by atoms with Crippen LogP contribution in [0.4, 0.5) is 23.7 Å². The van der Waals surface area contributed by atoms with Crippen molar-refractivity contribution in [3.63, 3.8) is 0 Å². The Morgan fingerprint density at radius 3 is 2.61 bits per heavy atom. The number of halogens is 3. The van der Waals surface area contributed by atoms with Gasteiger partial charge in [-0.1, -0.05) is 0 Å². The van der Waals surface area contributed by atoms with Crippen LogP contribution in [0.25, 0.3) is 22.0 Å². The molecule has 0 spiro atoms. The van der Waals surface area contributed by atoms with Gasteiger partial charge in [-0.05, 0) is 36.4 Å². The minimum atomic E-state index is -1.18. The van der Waals surface area contributed by atoms with Crippen LogP contribution in [-0.2, 0) is 4.74 Å². The largest absolute Gasteiger partial charge is 0.491 e. The highest BCUT2D eigenvalue weighted by Gasteiger charge is 2.20. The minimum Gasteiger partial charge on any atom is -0.491 e. The normalized spacial score (nSPS) is 13.5. The Balaban J connectivity index is 1.39. The predicted octanol–water partition coefficient (Wildman–Crippen LogP) is 5.18. The number of morpholine rings is 1. The van der Waals surface area contributed by atoms with Gasteiger partial charge in [-0.3, -0.25) is 9.88 Å². The van der Waals surface area contributed by atoms with Gasteiger partial charge in [-0.15, -0.1) is 0 Å². The Bertz CT molecular complexity index is 1650. The number of hydrogen-bond donors (Lipinski definition) is 2. The van der Waals surface area contributed by atoms with Gasteiger partial charge >= 0.3 is 6.03 Å². The van der Waals surface area contributed by atoms with Crippen LogP contribution in [0, 0.1) is 28.8 Å². The Hall–Kier alpha value is -4.86. The average molecular weight is 564 g/mol. The highest BCUT2D eigenvalue weighted by molar-refractivity contribution is 5.89. The van der Waals surface area contributed by atoms with Crippen LogP contribution in [0.2, 0.25) is 0 Å². The number of anilines is 1. The molecular weight excluding hydrogens is 539 g/mol. The van der Waals surface area contributed by atoms with Crippen molar-refractivity contribution in [2.75, 3.05) is 44.8 Å². The first-order valence-electron chi connectivity index (χ1n) is 12.6. The number of ether oxygens (including phenoxy) is 3. The first kappa shape index (κ1) is 27.7. The summed E-state index contributed by atoms with van der Waals surface area (Å²) in [6.07, 6.45) is 1.49. The number of carbonyl (C=O) groups excluding carboxylic acids is 1. The molecule has 0 aliphatic carbocycles. The van der Waals surface area contributed by atoms with E-state index in [4.69, 9.17) is 19.9 Å². The highest BCUT2D eigenvalue weighted by Crippen LogP contribution is 2.37. The molecule has 9 nitrogen and oxygen atoms in total. The van der Waals surface area contributed by atoms with Gasteiger partial charge in [0.1, 0.15) is 41.6 Å².